The van der Waals surface area contributed by atoms with Gasteiger partial charge in [0.1, 0.15) is 0 Å². The van der Waals surface area contributed by atoms with Gasteiger partial charge in [-0.05, 0) is 6.42 Å². The van der Waals surface area contributed by atoms with E-state index in [9.17, 15) is 0 Å². The van der Waals surface area contributed by atoms with Crippen molar-refractivity contribution < 1.29 is 32.7 Å². The molecule has 0 aliphatic carbocycles. The Balaban J connectivity index is 0.000000500. The number of nitrogens with one attached hydrogen (secondary N) is 1. The van der Waals surface area contributed by atoms with Crippen LogP contribution in [0, 0.1) is 6.07 Å². The average molecular weight is 207 g/mol. The summed E-state index contributed by atoms with van der Waals surface area (Å²) in [6, 6.07) is 9.12. The fourth-order valence-corrected chi connectivity index (χ4v) is 1.18. The minimum Gasteiger partial charge on any atom is -0.436 e. The van der Waals surface area contributed by atoms with Crippen LogP contribution in [0.1, 0.15) is 5.56 Å². The van der Waals surface area contributed by atoms with Crippen LogP contribution in [0.25, 0.3) is 0 Å². The van der Waals surface area contributed by atoms with Crippen molar-refractivity contribution in [3.8, 4) is 0 Å². The first kappa shape index (κ1) is 8.22. The van der Waals surface area contributed by atoms with Gasteiger partial charge in [0.25, 0.3) is 0 Å². The first-order valence-electron chi connectivity index (χ1n) is 3.20. The van der Waals surface area contributed by atoms with Crippen molar-refractivity contribution in [1.82, 2.24) is 0 Å². The SMILES string of the molecule is [Y].[c-]1ccc2c(c1)NCC2. The predicted molar refractivity (Wildman–Crippen MR) is 37.5 cm³/mol. The van der Waals surface area contributed by atoms with Crippen LogP contribution in [0.2, 0.25) is 0 Å². The Morgan fingerprint density at radius 1 is 1.50 bits per heavy atom. The summed E-state index contributed by atoms with van der Waals surface area (Å²) in [5.41, 5.74) is 2.69. The van der Waals surface area contributed by atoms with Crippen molar-refractivity contribution in [2.45, 2.75) is 6.42 Å². The quantitative estimate of drug-likeness (QED) is 0.635. The molecule has 1 N–H and O–H groups in total. The average Bonchev–Trinajstić information content (AvgIpc) is 2.33. The molecule has 1 radical (unpaired) electrons. The van der Waals surface area contributed by atoms with E-state index < -0.39 is 0 Å². The number of fused-ring (bicyclic) bond motifs is 1. The van der Waals surface area contributed by atoms with Crippen molar-refractivity contribution in [3.63, 3.8) is 0 Å². The second kappa shape index (κ2) is 3.50. The number of anilines is 1. The van der Waals surface area contributed by atoms with Crippen LogP contribution >= 0.6 is 0 Å². The smallest absolute Gasteiger partial charge is 0.00547 e. The van der Waals surface area contributed by atoms with E-state index in [4.69, 9.17) is 0 Å². The van der Waals surface area contributed by atoms with E-state index in [1.807, 2.05) is 12.1 Å². The molecule has 0 spiro atoms. The van der Waals surface area contributed by atoms with Gasteiger partial charge in [-0.1, -0.05) is 5.69 Å². The van der Waals surface area contributed by atoms with Gasteiger partial charge in [0.2, 0.25) is 0 Å². The standard InChI is InChI=1S/C8H8N.Y/c1-2-4-8-7(3-1)5-6-9-8;/h1,3-4,9H,5-6H2;/q-1;. The second-order valence-corrected chi connectivity index (χ2v) is 2.26. The fourth-order valence-electron chi connectivity index (χ4n) is 1.18. The Bertz CT molecular complexity index is 199. The van der Waals surface area contributed by atoms with E-state index in [-0.39, 0.29) is 32.7 Å². The molecule has 0 amide bonds. The van der Waals surface area contributed by atoms with Gasteiger partial charge in [-0.15, -0.1) is 5.56 Å². The van der Waals surface area contributed by atoms with Crippen LogP contribution < -0.4 is 5.32 Å². The van der Waals surface area contributed by atoms with Gasteiger partial charge in [0.15, 0.2) is 0 Å². The van der Waals surface area contributed by atoms with Crippen LogP contribution in [0.4, 0.5) is 5.69 Å². The predicted octanol–water partition coefficient (Wildman–Crippen LogP) is 1.45. The molecule has 1 aliphatic rings. The van der Waals surface area contributed by atoms with Crippen LogP contribution in [0.15, 0.2) is 18.2 Å². The zero-order valence-electron chi connectivity index (χ0n) is 5.72. The molecule has 2 heteroatoms. The maximum atomic E-state index is 3.27. The molecule has 0 bridgehead atoms. The Morgan fingerprint density at radius 3 is 3.20 bits per heavy atom. The van der Waals surface area contributed by atoms with Gasteiger partial charge in [0.05, 0.1) is 0 Å². The van der Waals surface area contributed by atoms with Gasteiger partial charge >= 0.3 is 0 Å². The Labute approximate surface area is 86.1 Å². The van der Waals surface area contributed by atoms with Crippen LogP contribution in [0.5, 0.6) is 0 Å². The molecule has 10 heavy (non-hydrogen) atoms. The van der Waals surface area contributed by atoms with E-state index in [1.54, 1.807) is 0 Å². The summed E-state index contributed by atoms with van der Waals surface area (Å²) in [5, 5.41) is 3.27. The number of rotatable bonds is 0. The summed E-state index contributed by atoms with van der Waals surface area (Å²) in [5.74, 6) is 0. The van der Waals surface area contributed by atoms with Crippen molar-refractivity contribution in [2.24, 2.45) is 0 Å². The first-order valence-corrected chi connectivity index (χ1v) is 3.20. The van der Waals surface area contributed by atoms with Crippen molar-refractivity contribution in [2.75, 3.05) is 11.9 Å². The zero-order chi connectivity index (χ0) is 6.10. The largest absolute Gasteiger partial charge is 0.436 e. The molecular formula is C8H8NY-. The molecule has 1 aromatic carbocycles. The molecule has 1 heterocycles. The third-order valence-electron chi connectivity index (χ3n) is 1.66. The Kier molecular flexibility index (Phi) is 2.87. The topological polar surface area (TPSA) is 12.0 Å². The van der Waals surface area contributed by atoms with Gasteiger partial charge < -0.3 is 5.32 Å². The van der Waals surface area contributed by atoms with E-state index in [2.05, 4.69) is 17.4 Å². The summed E-state index contributed by atoms with van der Waals surface area (Å²) in [6.07, 6.45) is 1.17. The van der Waals surface area contributed by atoms with E-state index >= 15 is 0 Å². The van der Waals surface area contributed by atoms with Crippen molar-refractivity contribution in [1.29, 1.82) is 0 Å². The maximum absolute atomic E-state index is 3.27. The van der Waals surface area contributed by atoms with E-state index in [0.29, 0.717) is 0 Å². The molecule has 2 rings (SSSR count). The minimum absolute atomic E-state index is 0. The number of hydrogen-bond acceptors (Lipinski definition) is 1. The molecule has 0 fully saturated rings. The molecule has 0 unspecified atom stereocenters. The van der Waals surface area contributed by atoms with Gasteiger partial charge in [-0.25, -0.2) is 0 Å². The third-order valence-corrected chi connectivity index (χ3v) is 1.66. The van der Waals surface area contributed by atoms with Gasteiger partial charge in [0, 0.05) is 39.3 Å². The second-order valence-electron chi connectivity index (χ2n) is 2.26. The minimum atomic E-state index is 0. The van der Waals surface area contributed by atoms with Crippen molar-refractivity contribution in [3.05, 3.63) is 29.8 Å². The Hall–Kier alpha value is 0.124. The third kappa shape index (κ3) is 1.41. The molecule has 0 saturated heterocycles. The number of benzene rings is 1. The monoisotopic (exact) mass is 207 g/mol. The van der Waals surface area contributed by atoms with E-state index in [0.717, 1.165) is 6.54 Å². The van der Waals surface area contributed by atoms with Gasteiger partial charge in [-0.3, -0.25) is 0 Å². The molecule has 1 aromatic rings. The Morgan fingerprint density at radius 2 is 2.40 bits per heavy atom. The summed E-state index contributed by atoms with van der Waals surface area (Å²) >= 11 is 0. The summed E-state index contributed by atoms with van der Waals surface area (Å²) in [7, 11) is 0. The molecule has 0 saturated carbocycles. The molecule has 0 aromatic heterocycles. The molecule has 0 atom stereocenters. The van der Waals surface area contributed by atoms with Crippen LogP contribution in [-0.2, 0) is 39.1 Å². The van der Waals surface area contributed by atoms with Crippen LogP contribution in [0.3, 0.4) is 0 Å². The van der Waals surface area contributed by atoms with E-state index in [1.165, 1.54) is 17.7 Å². The number of hydrogen-bond donors (Lipinski definition) is 1. The maximum Gasteiger partial charge on any atom is 0.00547 e. The summed E-state index contributed by atoms with van der Waals surface area (Å²) in [6.45, 7) is 1.09. The van der Waals surface area contributed by atoms with Crippen molar-refractivity contribution >= 4 is 5.69 Å². The normalized spacial score (nSPS) is 13.2. The molecule has 1 aliphatic heterocycles. The molecular weight excluding hydrogens is 199 g/mol. The molecule has 1 nitrogen and oxygen atoms in total. The first-order chi connectivity index (χ1) is 4.47. The van der Waals surface area contributed by atoms with Crippen LogP contribution in [-0.4, -0.2) is 6.54 Å². The van der Waals surface area contributed by atoms with Gasteiger partial charge in [-0.2, -0.15) is 24.3 Å². The summed E-state index contributed by atoms with van der Waals surface area (Å²) < 4.78 is 0. The fraction of sp³-hybridized carbons (Fsp3) is 0.250. The summed E-state index contributed by atoms with van der Waals surface area (Å²) in [4.78, 5) is 0. The molecule has 49 valence electrons. The zero-order valence-corrected chi connectivity index (χ0v) is 8.56.